The molecule has 0 radical (unpaired) electrons. The molecule has 0 spiro atoms. The van der Waals surface area contributed by atoms with Gasteiger partial charge in [-0.15, -0.1) is 11.3 Å². The molecule has 1 heterocycles. The van der Waals surface area contributed by atoms with Gasteiger partial charge < -0.3 is 5.73 Å². The Bertz CT molecular complexity index is 734. The normalized spacial score (nSPS) is 10.2. The van der Waals surface area contributed by atoms with Crippen LogP contribution in [-0.4, -0.2) is 4.92 Å². The highest BCUT2D eigenvalue weighted by Gasteiger charge is 2.23. The lowest BCUT2D eigenvalue weighted by molar-refractivity contribution is -0.384. The average molecular weight is 291 g/mol. The van der Waals surface area contributed by atoms with E-state index in [9.17, 15) is 14.5 Å². The molecule has 0 saturated carbocycles. The first-order chi connectivity index (χ1) is 9.49. The van der Waals surface area contributed by atoms with E-state index in [2.05, 4.69) is 0 Å². The third kappa shape index (κ3) is 2.21. The monoisotopic (exact) mass is 291 g/mol. The first kappa shape index (κ1) is 14.0. The van der Waals surface area contributed by atoms with Crippen LogP contribution in [0.2, 0.25) is 0 Å². The topological polar surface area (TPSA) is 93.0 Å². The summed E-state index contributed by atoms with van der Waals surface area (Å²) in [5, 5.41) is 20.1. The number of halogens is 1. The summed E-state index contributed by atoms with van der Waals surface area (Å²) >= 11 is 1.09. The van der Waals surface area contributed by atoms with Gasteiger partial charge in [0.1, 0.15) is 16.8 Å². The molecular formula is C13H10FN3O2S. The van der Waals surface area contributed by atoms with Crippen molar-refractivity contribution in [3.63, 3.8) is 0 Å². The predicted octanol–water partition coefficient (Wildman–Crippen LogP) is 3.48. The number of nitriles is 1. The number of benzene rings is 1. The molecule has 1 aromatic carbocycles. The molecule has 102 valence electrons. The fourth-order valence-corrected chi connectivity index (χ4v) is 3.12. The molecule has 5 nitrogen and oxygen atoms in total. The quantitative estimate of drug-likeness (QED) is 0.692. The summed E-state index contributed by atoms with van der Waals surface area (Å²) in [6, 6.07) is 5.34. The summed E-state index contributed by atoms with van der Waals surface area (Å²) in [7, 11) is 0. The molecule has 20 heavy (non-hydrogen) atoms. The Balaban J connectivity index is 2.75. The van der Waals surface area contributed by atoms with Crippen LogP contribution >= 0.6 is 11.3 Å². The molecule has 0 fully saturated rings. The fourth-order valence-electron chi connectivity index (χ4n) is 1.98. The van der Waals surface area contributed by atoms with Gasteiger partial charge in [0.05, 0.1) is 22.2 Å². The van der Waals surface area contributed by atoms with Crippen molar-refractivity contribution in [2.24, 2.45) is 0 Å². The Kier molecular flexibility index (Phi) is 3.68. The largest absolute Gasteiger partial charge is 0.397 e. The van der Waals surface area contributed by atoms with Crippen molar-refractivity contribution in [1.82, 2.24) is 0 Å². The van der Waals surface area contributed by atoms with Crippen LogP contribution in [0.3, 0.4) is 0 Å². The lowest BCUT2D eigenvalue weighted by atomic mass is 10.0. The zero-order chi connectivity index (χ0) is 14.9. The number of hydrogen-bond acceptors (Lipinski definition) is 5. The van der Waals surface area contributed by atoms with Crippen molar-refractivity contribution in [2.75, 3.05) is 5.73 Å². The van der Waals surface area contributed by atoms with Crippen molar-refractivity contribution in [3.8, 4) is 16.5 Å². The summed E-state index contributed by atoms with van der Waals surface area (Å²) in [4.78, 5) is 11.3. The minimum absolute atomic E-state index is 0.284. The molecule has 0 aliphatic heterocycles. The van der Waals surface area contributed by atoms with Gasteiger partial charge >= 0.3 is 0 Å². The van der Waals surface area contributed by atoms with Crippen LogP contribution in [-0.2, 0) is 6.42 Å². The van der Waals surface area contributed by atoms with Crippen molar-refractivity contribution in [1.29, 1.82) is 5.26 Å². The van der Waals surface area contributed by atoms with Gasteiger partial charge in [-0.05, 0) is 24.1 Å². The summed E-state index contributed by atoms with van der Waals surface area (Å²) in [6.45, 7) is 1.85. The van der Waals surface area contributed by atoms with Gasteiger partial charge in [0.2, 0.25) is 0 Å². The maximum absolute atomic E-state index is 13.2. The molecule has 2 N–H and O–H groups in total. The Morgan fingerprint density at radius 1 is 1.55 bits per heavy atom. The molecule has 0 unspecified atom stereocenters. The lowest BCUT2D eigenvalue weighted by Gasteiger charge is -2.04. The summed E-state index contributed by atoms with van der Waals surface area (Å²) < 4.78 is 13.2. The summed E-state index contributed by atoms with van der Waals surface area (Å²) in [5.74, 6) is -0.677. The average Bonchev–Trinajstić information content (AvgIpc) is 2.74. The highest BCUT2D eigenvalue weighted by atomic mass is 32.1. The van der Waals surface area contributed by atoms with Crippen LogP contribution in [0.25, 0.3) is 10.4 Å². The van der Waals surface area contributed by atoms with E-state index in [-0.39, 0.29) is 11.3 Å². The van der Waals surface area contributed by atoms with Gasteiger partial charge in [0, 0.05) is 4.88 Å². The molecule has 2 aromatic rings. The van der Waals surface area contributed by atoms with E-state index < -0.39 is 10.7 Å². The van der Waals surface area contributed by atoms with Crippen LogP contribution in [0.1, 0.15) is 17.4 Å². The van der Waals surface area contributed by atoms with Crippen LogP contribution in [0.5, 0.6) is 0 Å². The van der Waals surface area contributed by atoms with E-state index in [1.165, 1.54) is 6.07 Å². The van der Waals surface area contributed by atoms with Gasteiger partial charge in [-0.2, -0.15) is 5.26 Å². The number of nitrogen functional groups attached to an aromatic ring is 1. The van der Waals surface area contributed by atoms with E-state index in [0.29, 0.717) is 27.4 Å². The molecule has 0 aliphatic carbocycles. The number of nitro groups is 1. The number of nitro benzene ring substituents is 1. The molecule has 0 amide bonds. The third-order valence-corrected chi connectivity index (χ3v) is 4.09. The smallest absolute Gasteiger partial charge is 0.280 e. The lowest BCUT2D eigenvalue weighted by Crippen LogP contribution is -1.95. The first-order valence-corrected chi connectivity index (χ1v) is 6.56. The molecule has 1 aromatic heterocycles. The number of anilines is 1. The predicted molar refractivity (Wildman–Crippen MR) is 74.9 cm³/mol. The molecule has 0 bridgehead atoms. The van der Waals surface area contributed by atoms with Crippen molar-refractivity contribution < 1.29 is 9.31 Å². The van der Waals surface area contributed by atoms with E-state index in [0.717, 1.165) is 23.5 Å². The fraction of sp³-hybridized carbons (Fsp3) is 0.154. The van der Waals surface area contributed by atoms with Gasteiger partial charge in [0.15, 0.2) is 0 Å². The number of thiophene rings is 1. The van der Waals surface area contributed by atoms with E-state index in [1.807, 2.05) is 13.0 Å². The molecule has 0 atom stereocenters. The van der Waals surface area contributed by atoms with Crippen LogP contribution < -0.4 is 5.73 Å². The second-order valence-electron chi connectivity index (χ2n) is 4.04. The van der Waals surface area contributed by atoms with Gasteiger partial charge in [-0.25, -0.2) is 4.39 Å². The highest BCUT2D eigenvalue weighted by molar-refractivity contribution is 7.16. The molecule has 2 rings (SSSR count). The molecule has 0 aliphatic rings. The van der Waals surface area contributed by atoms with Gasteiger partial charge in [-0.1, -0.05) is 6.92 Å². The Morgan fingerprint density at radius 2 is 2.25 bits per heavy atom. The summed E-state index contributed by atoms with van der Waals surface area (Å²) in [5.41, 5.74) is 6.84. The van der Waals surface area contributed by atoms with Gasteiger partial charge in [-0.3, -0.25) is 10.1 Å². The molecule has 0 saturated heterocycles. The van der Waals surface area contributed by atoms with Crippen molar-refractivity contribution in [2.45, 2.75) is 13.3 Å². The van der Waals surface area contributed by atoms with Gasteiger partial charge in [0.25, 0.3) is 5.69 Å². The minimum atomic E-state index is -0.677. The third-order valence-electron chi connectivity index (χ3n) is 2.90. The minimum Gasteiger partial charge on any atom is -0.397 e. The number of nitrogens with zero attached hydrogens (tertiary/aromatic N) is 2. The first-order valence-electron chi connectivity index (χ1n) is 5.75. The zero-order valence-corrected chi connectivity index (χ0v) is 11.3. The number of nitrogens with two attached hydrogens (primary N) is 1. The molecule has 7 heteroatoms. The Labute approximate surface area is 118 Å². The maximum Gasteiger partial charge on any atom is 0.280 e. The van der Waals surface area contributed by atoms with Crippen molar-refractivity contribution >= 4 is 22.7 Å². The molecular weight excluding hydrogens is 281 g/mol. The van der Waals surface area contributed by atoms with E-state index in [4.69, 9.17) is 11.0 Å². The van der Waals surface area contributed by atoms with E-state index >= 15 is 0 Å². The number of hydrogen-bond donors (Lipinski definition) is 1. The standard InChI is InChI=1S/C13H10FN3O2S/c1-2-8-12(16)11(6-15)20-13(8)9-4-3-7(14)5-10(9)17(18)19/h3-5H,2,16H2,1H3. The van der Waals surface area contributed by atoms with Crippen LogP contribution in [0.4, 0.5) is 15.8 Å². The second-order valence-corrected chi connectivity index (χ2v) is 5.06. The Hall–Kier alpha value is -2.46. The number of rotatable bonds is 3. The van der Waals surface area contributed by atoms with Crippen LogP contribution in [0.15, 0.2) is 18.2 Å². The second kappa shape index (κ2) is 5.27. The van der Waals surface area contributed by atoms with E-state index in [1.54, 1.807) is 0 Å². The Morgan fingerprint density at radius 3 is 2.80 bits per heavy atom. The zero-order valence-electron chi connectivity index (χ0n) is 10.5. The van der Waals surface area contributed by atoms with Crippen molar-refractivity contribution in [3.05, 3.63) is 44.6 Å². The summed E-state index contributed by atoms with van der Waals surface area (Å²) in [6.07, 6.45) is 0.536. The highest BCUT2D eigenvalue weighted by Crippen LogP contribution is 2.42. The SMILES string of the molecule is CCc1c(-c2ccc(F)cc2[N+](=O)[O-])sc(C#N)c1N. The van der Waals surface area contributed by atoms with Crippen LogP contribution in [0, 0.1) is 27.3 Å². The maximum atomic E-state index is 13.2.